The molecule has 30 heavy (non-hydrogen) atoms. The van der Waals surface area contributed by atoms with Crippen molar-refractivity contribution in [3.05, 3.63) is 48.2 Å². The number of nitrogens with one attached hydrogen (secondary N) is 1. The number of carbonyl (C=O) groups is 1. The van der Waals surface area contributed by atoms with E-state index in [-0.39, 0.29) is 16.8 Å². The number of nitrogens with zero attached hydrogens (tertiary/aromatic N) is 3. The molecule has 2 aliphatic rings. The molecule has 1 aromatic carbocycles. The van der Waals surface area contributed by atoms with Crippen LogP contribution in [0.25, 0.3) is 0 Å². The van der Waals surface area contributed by atoms with Crippen molar-refractivity contribution < 1.29 is 13.2 Å². The van der Waals surface area contributed by atoms with Crippen molar-refractivity contribution in [1.29, 1.82) is 0 Å². The van der Waals surface area contributed by atoms with Gasteiger partial charge in [-0.15, -0.1) is 0 Å². The number of anilines is 2. The van der Waals surface area contributed by atoms with E-state index in [1.807, 2.05) is 13.0 Å². The van der Waals surface area contributed by atoms with E-state index in [2.05, 4.69) is 15.2 Å². The van der Waals surface area contributed by atoms with Crippen LogP contribution in [0.15, 0.2) is 47.5 Å². The Morgan fingerprint density at radius 1 is 1.00 bits per heavy atom. The molecule has 0 aliphatic carbocycles. The van der Waals surface area contributed by atoms with Crippen LogP contribution >= 0.6 is 0 Å². The van der Waals surface area contributed by atoms with E-state index in [0.29, 0.717) is 17.9 Å². The van der Waals surface area contributed by atoms with Crippen LogP contribution in [-0.4, -0.2) is 49.3 Å². The first kappa shape index (κ1) is 20.8. The lowest BCUT2D eigenvalue weighted by atomic mass is 10.1. The summed E-state index contributed by atoms with van der Waals surface area (Å²) < 4.78 is 27.4. The molecule has 8 heteroatoms. The van der Waals surface area contributed by atoms with Gasteiger partial charge >= 0.3 is 0 Å². The van der Waals surface area contributed by atoms with Gasteiger partial charge in [-0.25, -0.2) is 13.4 Å². The number of pyridine rings is 1. The van der Waals surface area contributed by atoms with Crippen LogP contribution in [0, 0.1) is 0 Å². The molecular weight excluding hydrogens is 400 g/mol. The van der Waals surface area contributed by atoms with Gasteiger partial charge in [-0.1, -0.05) is 6.42 Å². The highest BCUT2D eigenvalue weighted by Gasteiger charge is 2.30. The lowest BCUT2D eigenvalue weighted by Crippen LogP contribution is -2.41. The zero-order chi connectivity index (χ0) is 21.1. The Kier molecular flexibility index (Phi) is 6.06. The number of aromatic nitrogens is 1. The van der Waals surface area contributed by atoms with Crippen molar-refractivity contribution in [2.75, 3.05) is 29.9 Å². The molecule has 2 saturated heterocycles. The molecule has 4 rings (SSSR count). The Balaban J connectivity index is 1.42. The lowest BCUT2D eigenvalue weighted by Gasteiger charge is -2.32. The second-order valence-electron chi connectivity index (χ2n) is 8.03. The predicted octanol–water partition coefficient (Wildman–Crippen LogP) is 3.50. The van der Waals surface area contributed by atoms with E-state index in [0.717, 1.165) is 38.0 Å². The number of carbonyl (C=O) groups excluding carboxylic acids is 1. The summed E-state index contributed by atoms with van der Waals surface area (Å²) in [6.45, 7) is 4.57. The number of amides is 1. The maximum atomic E-state index is 12.9. The molecule has 0 saturated carbocycles. The fraction of sp³-hybridized carbons (Fsp3) is 0.455. The standard InChI is InChI=1S/C22H28N4O3S/c1-17-6-2-3-15-26(17)30(28,29)20-10-7-18(8-11-20)22(27)24-21-12-9-19(16-23-21)25-13-4-5-14-25/h7-12,16-17H,2-6,13-15H2,1H3,(H,23,24,27). The third kappa shape index (κ3) is 4.34. The summed E-state index contributed by atoms with van der Waals surface area (Å²) in [5, 5.41) is 2.78. The zero-order valence-electron chi connectivity index (χ0n) is 17.3. The smallest absolute Gasteiger partial charge is 0.256 e. The molecule has 1 amide bonds. The van der Waals surface area contributed by atoms with E-state index < -0.39 is 10.0 Å². The molecule has 160 valence electrons. The highest BCUT2D eigenvalue weighted by Crippen LogP contribution is 2.25. The summed E-state index contributed by atoms with van der Waals surface area (Å²) >= 11 is 0. The molecule has 0 radical (unpaired) electrons. The Morgan fingerprint density at radius 3 is 2.33 bits per heavy atom. The normalized spacial score (nSPS) is 20.3. The zero-order valence-corrected chi connectivity index (χ0v) is 18.1. The van der Waals surface area contributed by atoms with Gasteiger partial charge in [-0.2, -0.15) is 4.31 Å². The van der Waals surface area contributed by atoms with Gasteiger partial charge in [-0.05, 0) is 69.0 Å². The summed E-state index contributed by atoms with van der Waals surface area (Å²) in [6, 6.07) is 9.88. The number of benzene rings is 1. The minimum absolute atomic E-state index is 0.00123. The SMILES string of the molecule is CC1CCCCN1S(=O)(=O)c1ccc(C(=O)Nc2ccc(N3CCCC3)cn2)cc1. The summed E-state index contributed by atoms with van der Waals surface area (Å²) in [7, 11) is -3.54. The molecule has 2 aliphatic heterocycles. The summed E-state index contributed by atoms with van der Waals surface area (Å²) in [6.07, 6.45) is 6.98. The average molecular weight is 429 g/mol. The molecule has 3 heterocycles. The van der Waals surface area contributed by atoms with Crippen molar-refractivity contribution in [1.82, 2.24) is 9.29 Å². The highest BCUT2D eigenvalue weighted by molar-refractivity contribution is 7.89. The van der Waals surface area contributed by atoms with Gasteiger partial charge in [0.05, 0.1) is 16.8 Å². The Hall–Kier alpha value is -2.45. The van der Waals surface area contributed by atoms with Crippen LogP contribution in [0.2, 0.25) is 0 Å². The third-order valence-electron chi connectivity index (χ3n) is 5.93. The first-order chi connectivity index (χ1) is 14.4. The monoisotopic (exact) mass is 428 g/mol. The minimum atomic E-state index is -3.54. The van der Waals surface area contributed by atoms with Crippen molar-refractivity contribution in [2.24, 2.45) is 0 Å². The van der Waals surface area contributed by atoms with Gasteiger partial charge in [0.2, 0.25) is 10.0 Å². The van der Waals surface area contributed by atoms with Gasteiger partial charge in [0.1, 0.15) is 5.82 Å². The number of piperidine rings is 1. The van der Waals surface area contributed by atoms with Crippen LogP contribution in [-0.2, 0) is 10.0 Å². The predicted molar refractivity (Wildman–Crippen MR) is 117 cm³/mol. The fourth-order valence-corrected chi connectivity index (χ4v) is 5.85. The first-order valence-corrected chi connectivity index (χ1v) is 12.0. The van der Waals surface area contributed by atoms with E-state index in [9.17, 15) is 13.2 Å². The van der Waals surface area contributed by atoms with Crippen LogP contribution in [0.1, 0.15) is 49.4 Å². The second kappa shape index (κ2) is 8.73. The topological polar surface area (TPSA) is 82.6 Å². The molecule has 0 spiro atoms. The fourth-order valence-electron chi connectivity index (χ4n) is 4.15. The number of rotatable bonds is 5. The third-order valence-corrected chi connectivity index (χ3v) is 7.95. The van der Waals surface area contributed by atoms with E-state index in [4.69, 9.17) is 0 Å². The molecule has 1 aromatic heterocycles. The van der Waals surface area contributed by atoms with E-state index in [1.54, 1.807) is 28.7 Å². The second-order valence-corrected chi connectivity index (χ2v) is 9.93. The van der Waals surface area contributed by atoms with Gasteiger partial charge in [0.15, 0.2) is 0 Å². The average Bonchev–Trinajstić information content (AvgIpc) is 3.29. The van der Waals surface area contributed by atoms with Gasteiger partial charge in [0, 0.05) is 31.2 Å². The van der Waals surface area contributed by atoms with Crippen LogP contribution in [0.5, 0.6) is 0 Å². The van der Waals surface area contributed by atoms with Crippen molar-refractivity contribution in [3.63, 3.8) is 0 Å². The van der Waals surface area contributed by atoms with Crippen LogP contribution in [0.3, 0.4) is 0 Å². The molecule has 2 aromatic rings. The Morgan fingerprint density at radius 2 is 1.70 bits per heavy atom. The van der Waals surface area contributed by atoms with E-state index >= 15 is 0 Å². The van der Waals surface area contributed by atoms with Crippen molar-refractivity contribution >= 4 is 27.4 Å². The molecule has 1 N–H and O–H groups in total. The largest absolute Gasteiger partial charge is 0.370 e. The maximum absolute atomic E-state index is 12.9. The van der Waals surface area contributed by atoms with Crippen molar-refractivity contribution in [3.8, 4) is 0 Å². The molecular formula is C22H28N4O3S. The molecule has 1 unspecified atom stereocenters. The van der Waals surface area contributed by atoms with Gasteiger partial charge < -0.3 is 10.2 Å². The lowest BCUT2D eigenvalue weighted by molar-refractivity contribution is 0.102. The summed E-state index contributed by atoms with van der Waals surface area (Å²) in [5.41, 5.74) is 1.46. The van der Waals surface area contributed by atoms with Gasteiger partial charge in [-0.3, -0.25) is 4.79 Å². The Bertz CT molecular complexity index is 984. The van der Waals surface area contributed by atoms with Crippen LogP contribution < -0.4 is 10.2 Å². The molecule has 0 bridgehead atoms. The van der Waals surface area contributed by atoms with Gasteiger partial charge in [0.25, 0.3) is 5.91 Å². The number of hydrogen-bond acceptors (Lipinski definition) is 5. The first-order valence-electron chi connectivity index (χ1n) is 10.6. The molecule has 2 fully saturated rings. The summed E-state index contributed by atoms with van der Waals surface area (Å²) in [4.78, 5) is 19.4. The van der Waals surface area contributed by atoms with Crippen LogP contribution in [0.4, 0.5) is 11.5 Å². The maximum Gasteiger partial charge on any atom is 0.256 e. The molecule has 1 atom stereocenters. The number of hydrogen-bond donors (Lipinski definition) is 1. The van der Waals surface area contributed by atoms with E-state index in [1.165, 1.54) is 25.0 Å². The molecule has 7 nitrogen and oxygen atoms in total. The number of sulfonamides is 1. The summed E-state index contributed by atoms with van der Waals surface area (Å²) in [5.74, 6) is 0.161. The quantitative estimate of drug-likeness (QED) is 0.788. The minimum Gasteiger partial charge on any atom is -0.370 e. The Labute approximate surface area is 178 Å². The van der Waals surface area contributed by atoms with Crippen molar-refractivity contribution in [2.45, 2.75) is 50.0 Å². The highest BCUT2D eigenvalue weighted by atomic mass is 32.2.